The van der Waals surface area contributed by atoms with Gasteiger partial charge in [0, 0.05) is 11.6 Å². The van der Waals surface area contributed by atoms with Gasteiger partial charge in [-0.1, -0.05) is 25.5 Å². The molecule has 0 radical (unpaired) electrons. The van der Waals surface area contributed by atoms with Gasteiger partial charge in [-0.05, 0) is 41.5 Å². The number of halogens is 1. The normalized spacial score (nSPS) is 21.4. The molecule has 2 unspecified atom stereocenters. The summed E-state index contributed by atoms with van der Waals surface area (Å²) in [7, 11) is 0. The van der Waals surface area contributed by atoms with Crippen LogP contribution in [-0.4, -0.2) is 43.9 Å². The standard InChI is InChI=1S/C18H21IN6O2/c1-2-3-8-27-18(26)24-9-13(11-6-4-5-7-12(11)24)25-17-14(15(19)23-25)16(20)21-10-22-17/h4-5,7,10-11,13H,2-3,6,8-9H2,1H3,(H2,20,21,22). The summed E-state index contributed by atoms with van der Waals surface area (Å²) in [6.45, 7) is 3.01. The van der Waals surface area contributed by atoms with E-state index in [-0.39, 0.29) is 18.1 Å². The number of carbonyl (C=O) groups excluding carboxylic acids is 1. The number of nitrogens with two attached hydrogens (primary N) is 1. The number of fused-ring (bicyclic) bond motifs is 2. The summed E-state index contributed by atoms with van der Waals surface area (Å²) in [5, 5.41) is 5.45. The highest BCUT2D eigenvalue weighted by Crippen LogP contribution is 2.42. The molecule has 27 heavy (non-hydrogen) atoms. The van der Waals surface area contributed by atoms with Gasteiger partial charge >= 0.3 is 6.09 Å². The van der Waals surface area contributed by atoms with Crippen LogP contribution in [0, 0.1) is 9.62 Å². The zero-order valence-corrected chi connectivity index (χ0v) is 17.2. The lowest BCUT2D eigenvalue weighted by Crippen LogP contribution is -2.29. The summed E-state index contributed by atoms with van der Waals surface area (Å²) in [5.74, 6) is 0.563. The number of hydrogen-bond donors (Lipinski definition) is 1. The third-order valence-electron chi connectivity index (χ3n) is 5.05. The quantitative estimate of drug-likeness (QED) is 0.533. The Balaban J connectivity index is 1.69. The number of nitrogens with zero attached hydrogens (tertiary/aromatic N) is 5. The fourth-order valence-electron chi connectivity index (χ4n) is 3.69. The fourth-order valence-corrected chi connectivity index (χ4v) is 4.44. The highest BCUT2D eigenvalue weighted by atomic mass is 127. The molecule has 1 saturated heterocycles. The molecule has 9 heteroatoms. The highest BCUT2D eigenvalue weighted by Gasteiger charge is 2.43. The molecule has 1 fully saturated rings. The molecular formula is C18H21IN6O2. The van der Waals surface area contributed by atoms with Crippen molar-refractivity contribution >= 4 is 45.5 Å². The smallest absolute Gasteiger partial charge is 0.414 e. The number of aromatic nitrogens is 4. The number of carbonyl (C=O) groups is 1. The summed E-state index contributed by atoms with van der Waals surface area (Å²) in [6, 6.07) is -0.0276. The Morgan fingerprint density at radius 2 is 2.30 bits per heavy atom. The first kappa shape index (κ1) is 18.2. The van der Waals surface area contributed by atoms with E-state index in [2.05, 4.69) is 50.7 Å². The monoisotopic (exact) mass is 480 g/mol. The van der Waals surface area contributed by atoms with Crippen LogP contribution in [0.1, 0.15) is 32.2 Å². The van der Waals surface area contributed by atoms with Crippen LogP contribution in [-0.2, 0) is 4.74 Å². The molecule has 1 aliphatic carbocycles. The number of unbranched alkanes of at least 4 members (excludes halogenated alkanes) is 1. The van der Waals surface area contributed by atoms with Gasteiger partial charge in [-0.2, -0.15) is 5.10 Å². The Morgan fingerprint density at radius 1 is 1.44 bits per heavy atom. The molecule has 0 aromatic carbocycles. The lowest BCUT2D eigenvalue weighted by molar-refractivity contribution is 0.115. The van der Waals surface area contributed by atoms with E-state index in [4.69, 9.17) is 10.5 Å². The highest BCUT2D eigenvalue weighted by molar-refractivity contribution is 14.1. The first-order valence-corrected chi connectivity index (χ1v) is 10.1. The number of ether oxygens (including phenoxy) is 1. The maximum Gasteiger partial charge on any atom is 0.414 e. The average Bonchev–Trinajstić information content (AvgIpc) is 3.21. The minimum atomic E-state index is -0.294. The molecule has 0 spiro atoms. The van der Waals surface area contributed by atoms with Crippen molar-refractivity contribution in [2.24, 2.45) is 5.92 Å². The molecule has 2 aromatic heterocycles. The molecule has 2 atom stereocenters. The zero-order valence-electron chi connectivity index (χ0n) is 15.0. The predicted molar refractivity (Wildman–Crippen MR) is 110 cm³/mol. The van der Waals surface area contributed by atoms with Gasteiger partial charge < -0.3 is 10.5 Å². The molecule has 1 amide bonds. The van der Waals surface area contributed by atoms with E-state index in [0.29, 0.717) is 24.6 Å². The second-order valence-electron chi connectivity index (χ2n) is 6.70. The number of nitrogen functional groups attached to an aromatic ring is 1. The SMILES string of the molecule is CCCCOC(=O)N1CC(n2nc(I)c3c(N)ncnc32)C2CC=CC=C21. The van der Waals surface area contributed by atoms with Crippen molar-refractivity contribution in [2.45, 2.75) is 32.2 Å². The van der Waals surface area contributed by atoms with Crippen LogP contribution in [0.15, 0.2) is 30.3 Å². The van der Waals surface area contributed by atoms with Crippen LogP contribution < -0.4 is 5.73 Å². The summed E-state index contributed by atoms with van der Waals surface area (Å²) in [5.41, 5.74) is 7.71. The maximum absolute atomic E-state index is 12.6. The fraction of sp³-hybridized carbons (Fsp3) is 0.444. The lowest BCUT2D eigenvalue weighted by Gasteiger charge is -2.21. The molecule has 142 valence electrons. The van der Waals surface area contributed by atoms with Gasteiger partial charge in [0.2, 0.25) is 0 Å². The second-order valence-corrected chi connectivity index (χ2v) is 7.72. The molecule has 4 rings (SSSR count). The van der Waals surface area contributed by atoms with Crippen LogP contribution in [0.2, 0.25) is 0 Å². The second kappa shape index (κ2) is 7.45. The topological polar surface area (TPSA) is 99.2 Å². The lowest BCUT2D eigenvalue weighted by atomic mass is 9.93. The van der Waals surface area contributed by atoms with Crippen LogP contribution in [0.25, 0.3) is 11.0 Å². The van der Waals surface area contributed by atoms with Crippen LogP contribution in [0.3, 0.4) is 0 Å². The third-order valence-corrected chi connectivity index (χ3v) is 5.81. The number of likely N-dealkylation sites (tertiary alicyclic amines) is 1. The van der Waals surface area contributed by atoms with Gasteiger partial charge in [-0.15, -0.1) is 0 Å². The van der Waals surface area contributed by atoms with Crippen LogP contribution in [0.4, 0.5) is 10.6 Å². The van der Waals surface area contributed by atoms with Crippen molar-refractivity contribution in [2.75, 3.05) is 18.9 Å². The Morgan fingerprint density at radius 3 is 3.11 bits per heavy atom. The summed E-state index contributed by atoms with van der Waals surface area (Å²) in [4.78, 5) is 22.9. The van der Waals surface area contributed by atoms with Crippen molar-refractivity contribution in [1.82, 2.24) is 24.6 Å². The molecule has 2 aromatic rings. The number of allylic oxidation sites excluding steroid dienone is 4. The van der Waals surface area contributed by atoms with Gasteiger partial charge in [-0.3, -0.25) is 4.90 Å². The molecule has 1 aliphatic heterocycles. The van der Waals surface area contributed by atoms with Crippen molar-refractivity contribution < 1.29 is 9.53 Å². The summed E-state index contributed by atoms with van der Waals surface area (Å²) in [6.07, 6.45) is 9.96. The Kier molecular flexibility index (Phi) is 5.02. The largest absolute Gasteiger partial charge is 0.449 e. The van der Waals surface area contributed by atoms with Crippen molar-refractivity contribution in [3.63, 3.8) is 0 Å². The number of hydrogen-bond acceptors (Lipinski definition) is 6. The number of rotatable bonds is 4. The predicted octanol–water partition coefficient (Wildman–Crippen LogP) is 3.27. The number of anilines is 1. The molecule has 3 heterocycles. The van der Waals surface area contributed by atoms with Crippen LogP contribution in [0.5, 0.6) is 0 Å². The minimum absolute atomic E-state index is 0.0276. The average molecular weight is 480 g/mol. The molecule has 8 nitrogen and oxygen atoms in total. The van der Waals surface area contributed by atoms with Gasteiger partial charge in [0.05, 0.1) is 24.6 Å². The van der Waals surface area contributed by atoms with Gasteiger partial charge in [0.15, 0.2) is 5.65 Å². The van der Waals surface area contributed by atoms with E-state index in [1.54, 1.807) is 4.90 Å². The Labute approximate surface area is 170 Å². The Bertz CT molecular complexity index is 937. The van der Waals surface area contributed by atoms with Gasteiger partial charge in [0.25, 0.3) is 0 Å². The first-order chi connectivity index (χ1) is 13.1. The van der Waals surface area contributed by atoms with E-state index in [1.165, 1.54) is 6.33 Å². The molecule has 0 saturated carbocycles. The van der Waals surface area contributed by atoms with Crippen molar-refractivity contribution in [1.29, 1.82) is 0 Å². The Hall–Kier alpha value is -2.17. The van der Waals surface area contributed by atoms with E-state index in [1.807, 2.05) is 16.8 Å². The zero-order chi connectivity index (χ0) is 19.0. The molecule has 2 N–H and O–H groups in total. The van der Waals surface area contributed by atoms with Gasteiger partial charge in [-0.25, -0.2) is 19.4 Å². The minimum Gasteiger partial charge on any atom is -0.449 e. The van der Waals surface area contributed by atoms with E-state index < -0.39 is 0 Å². The number of amides is 1. The first-order valence-electron chi connectivity index (χ1n) is 9.07. The molecule has 2 aliphatic rings. The van der Waals surface area contributed by atoms with Crippen molar-refractivity contribution in [3.05, 3.63) is 34.0 Å². The molecule has 0 bridgehead atoms. The molecular weight excluding hydrogens is 459 g/mol. The summed E-state index contributed by atoms with van der Waals surface area (Å²) >= 11 is 2.15. The van der Waals surface area contributed by atoms with E-state index in [0.717, 1.165) is 34.0 Å². The van der Waals surface area contributed by atoms with E-state index in [9.17, 15) is 4.79 Å². The van der Waals surface area contributed by atoms with E-state index >= 15 is 0 Å². The third kappa shape index (κ3) is 3.17. The maximum atomic E-state index is 12.6. The summed E-state index contributed by atoms with van der Waals surface area (Å²) < 4.78 is 8.12. The van der Waals surface area contributed by atoms with Crippen molar-refractivity contribution in [3.8, 4) is 0 Å². The van der Waals surface area contributed by atoms with Crippen LogP contribution >= 0.6 is 22.6 Å². The van der Waals surface area contributed by atoms with Gasteiger partial charge in [0.1, 0.15) is 15.8 Å².